The van der Waals surface area contributed by atoms with Crippen molar-refractivity contribution in [2.24, 2.45) is 5.73 Å². The molecule has 0 rings (SSSR count). The van der Waals surface area contributed by atoms with Crippen molar-refractivity contribution < 1.29 is 13.3 Å². The van der Waals surface area contributed by atoms with Crippen molar-refractivity contribution in [1.29, 1.82) is 0 Å². The van der Waals surface area contributed by atoms with Crippen molar-refractivity contribution in [2.45, 2.75) is 38.3 Å². The molecule has 0 heterocycles. The van der Waals surface area contributed by atoms with Crippen LogP contribution in [0, 0.1) is 0 Å². The molecule has 1 atom stereocenters. The Morgan fingerprint density at radius 3 is 2.00 bits per heavy atom. The van der Waals surface area contributed by atoms with Gasteiger partial charge in [0, 0.05) is 33.4 Å². The maximum atomic E-state index is 5.82. The van der Waals surface area contributed by atoms with Gasteiger partial charge >= 0.3 is 8.80 Å². The maximum Gasteiger partial charge on any atom is 0.500 e. The van der Waals surface area contributed by atoms with Gasteiger partial charge in [0.1, 0.15) is 0 Å². The molecule has 0 aromatic carbocycles. The van der Waals surface area contributed by atoms with Gasteiger partial charge in [0.25, 0.3) is 0 Å². The van der Waals surface area contributed by atoms with Crippen LogP contribution in [-0.4, -0.2) is 36.2 Å². The van der Waals surface area contributed by atoms with Crippen molar-refractivity contribution in [1.82, 2.24) is 0 Å². The van der Waals surface area contributed by atoms with E-state index in [1.165, 1.54) is 0 Å². The first-order valence-corrected chi connectivity index (χ1v) is 6.98. The van der Waals surface area contributed by atoms with Gasteiger partial charge in [-0.3, -0.25) is 0 Å². The van der Waals surface area contributed by atoms with Crippen molar-refractivity contribution in [2.75, 3.05) is 21.3 Å². The van der Waals surface area contributed by atoms with E-state index in [1.54, 1.807) is 21.3 Å². The fraction of sp³-hybridized carbons (Fsp3) is 1.00. The van der Waals surface area contributed by atoms with Crippen LogP contribution < -0.4 is 5.73 Å². The molecule has 86 valence electrons. The van der Waals surface area contributed by atoms with Crippen molar-refractivity contribution in [3.05, 3.63) is 0 Å². The van der Waals surface area contributed by atoms with Gasteiger partial charge in [-0.15, -0.1) is 0 Å². The number of hydrogen-bond acceptors (Lipinski definition) is 4. The third kappa shape index (κ3) is 4.52. The highest BCUT2D eigenvalue weighted by atomic mass is 28.4. The predicted octanol–water partition coefficient (Wildman–Crippen LogP) is 1.38. The zero-order valence-corrected chi connectivity index (χ0v) is 10.7. The number of nitrogens with two attached hydrogens (primary N) is 1. The minimum absolute atomic E-state index is 0.285. The third-order valence-corrected chi connectivity index (χ3v) is 5.35. The Labute approximate surface area is 88.1 Å². The molecule has 5 heteroatoms. The SMILES string of the molecule is CCC(N)CCC[Si](OC)(OC)OC. The van der Waals surface area contributed by atoms with E-state index in [4.69, 9.17) is 19.0 Å². The Morgan fingerprint density at radius 1 is 1.14 bits per heavy atom. The standard InChI is InChI=1S/C9H23NO3Si/c1-5-9(10)7-6-8-14(11-2,12-3)13-4/h9H,5-8,10H2,1-4H3. The largest absolute Gasteiger partial charge is 0.500 e. The molecule has 0 radical (unpaired) electrons. The van der Waals surface area contributed by atoms with Crippen LogP contribution in [0.3, 0.4) is 0 Å². The molecule has 0 bridgehead atoms. The molecule has 0 amide bonds. The second-order valence-electron chi connectivity index (χ2n) is 3.36. The molecule has 0 saturated carbocycles. The second kappa shape index (κ2) is 7.36. The maximum absolute atomic E-state index is 5.82. The summed E-state index contributed by atoms with van der Waals surface area (Å²) in [7, 11) is 2.56. The molecule has 2 N–H and O–H groups in total. The summed E-state index contributed by atoms with van der Waals surface area (Å²) in [5, 5.41) is 0. The van der Waals surface area contributed by atoms with Crippen LogP contribution in [-0.2, 0) is 13.3 Å². The Kier molecular flexibility index (Phi) is 7.39. The summed E-state index contributed by atoms with van der Waals surface area (Å²) in [5.41, 5.74) is 5.82. The van der Waals surface area contributed by atoms with Crippen LogP contribution in [0.4, 0.5) is 0 Å². The Morgan fingerprint density at radius 2 is 1.64 bits per heavy atom. The lowest BCUT2D eigenvalue weighted by Gasteiger charge is -2.24. The third-order valence-electron chi connectivity index (χ3n) is 2.52. The highest BCUT2D eigenvalue weighted by Crippen LogP contribution is 2.17. The van der Waals surface area contributed by atoms with Crippen molar-refractivity contribution in [3.8, 4) is 0 Å². The van der Waals surface area contributed by atoms with E-state index in [0.29, 0.717) is 0 Å². The molecule has 0 aliphatic carbocycles. The lowest BCUT2D eigenvalue weighted by atomic mass is 10.1. The van der Waals surface area contributed by atoms with Crippen LogP contribution in [0.15, 0.2) is 0 Å². The Hall–Kier alpha value is 0.0569. The molecular weight excluding hydrogens is 198 g/mol. The zero-order valence-electron chi connectivity index (χ0n) is 9.71. The lowest BCUT2D eigenvalue weighted by Crippen LogP contribution is -2.42. The summed E-state index contributed by atoms with van der Waals surface area (Å²) in [5.74, 6) is 0. The molecule has 0 aliphatic rings. The normalized spacial score (nSPS) is 14.4. The van der Waals surface area contributed by atoms with E-state index in [-0.39, 0.29) is 6.04 Å². The van der Waals surface area contributed by atoms with Crippen LogP contribution in [0.1, 0.15) is 26.2 Å². The van der Waals surface area contributed by atoms with Gasteiger partial charge < -0.3 is 19.0 Å². The molecule has 0 fully saturated rings. The van der Waals surface area contributed by atoms with E-state index in [2.05, 4.69) is 6.92 Å². The summed E-state index contributed by atoms with van der Waals surface area (Å²) >= 11 is 0. The van der Waals surface area contributed by atoms with Crippen molar-refractivity contribution >= 4 is 8.80 Å². The molecule has 0 aliphatic heterocycles. The first kappa shape index (κ1) is 14.1. The molecule has 4 nitrogen and oxygen atoms in total. The first-order valence-electron chi connectivity index (χ1n) is 5.05. The van der Waals surface area contributed by atoms with E-state index < -0.39 is 8.80 Å². The number of rotatable bonds is 8. The van der Waals surface area contributed by atoms with Crippen LogP contribution in [0.2, 0.25) is 6.04 Å². The smallest absolute Gasteiger partial charge is 0.377 e. The van der Waals surface area contributed by atoms with Crippen LogP contribution >= 0.6 is 0 Å². The predicted molar refractivity (Wildman–Crippen MR) is 59.1 cm³/mol. The average Bonchev–Trinajstić information content (AvgIpc) is 2.25. The van der Waals surface area contributed by atoms with E-state index in [0.717, 1.165) is 25.3 Å². The first-order chi connectivity index (χ1) is 6.64. The second-order valence-corrected chi connectivity index (χ2v) is 6.45. The molecule has 0 spiro atoms. The van der Waals surface area contributed by atoms with Gasteiger partial charge in [-0.2, -0.15) is 0 Å². The van der Waals surface area contributed by atoms with Gasteiger partial charge in [-0.25, -0.2) is 0 Å². The molecule has 0 aromatic heterocycles. The number of hydrogen-bond donors (Lipinski definition) is 1. The summed E-state index contributed by atoms with van der Waals surface area (Å²) in [6.45, 7) is 2.10. The monoisotopic (exact) mass is 221 g/mol. The van der Waals surface area contributed by atoms with Gasteiger partial charge in [0.15, 0.2) is 0 Å². The Balaban J connectivity index is 3.82. The van der Waals surface area contributed by atoms with Crippen molar-refractivity contribution in [3.63, 3.8) is 0 Å². The van der Waals surface area contributed by atoms with Crippen LogP contribution in [0.25, 0.3) is 0 Å². The highest BCUT2D eigenvalue weighted by molar-refractivity contribution is 6.60. The van der Waals surface area contributed by atoms with Gasteiger partial charge in [-0.1, -0.05) is 6.92 Å². The summed E-state index contributed by atoms with van der Waals surface area (Å²) < 4.78 is 15.9. The zero-order chi connectivity index (χ0) is 11.0. The van der Waals surface area contributed by atoms with Gasteiger partial charge in [-0.05, 0) is 19.3 Å². The molecule has 1 unspecified atom stereocenters. The quantitative estimate of drug-likeness (QED) is 0.629. The van der Waals surface area contributed by atoms with E-state index in [9.17, 15) is 0 Å². The van der Waals surface area contributed by atoms with Gasteiger partial charge in [0.2, 0.25) is 0 Å². The summed E-state index contributed by atoms with van der Waals surface area (Å²) in [6.07, 6.45) is 3.01. The highest BCUT2D eigenvalue weighted by Gasteiger charge is 2.36. The van der Waals surface area contributed by atoms with E-state index in [1.807, 2.05) is 0 Å². The van der Waals surface area contributed by atoms with Crippen LogP contribution in [0.5, 0.6) is 0 Å². The lowest BCUT2D eigenvalue weighted by molar-refractivity contribution is 0.122. The molecule has 0 aromatic rings. The van der Waals surface area contributed by atoms with Gasteiger partial charge in [0.05, 0.1) is 0 Å². The average molecular weight is 221 g/mol. The Bertz CT molecular complexity index is 134. The fourth-order valence-electron chi connectivity index (χ4n) is 1.34. The molecular formula is C9H23NO3Si. The molecule has 14 heavy (non-hydrogen) atoms. The topological polar surface area (TPSA) is 53.7 Å². The molecule has 0 saturated heterocycles. The summed E-state index contributed by atoms with van der Waals surface area (Å²) in [4.78, 5) is 0. The minimum atomic E-state index is -2.35. The minimum Gasteiger partial charge on any atom is -0.377 e. The summed E-state index contributed by atoms with van der Waals surface area (Å²) in [6, 6.07) is 1.12. The van der Waals surface area contributed by atoms with E-state index >= 15 is 0 Å². The fourth-order valence-corrected chi connectivity index (χ4v) is 3.09.